The summed E-state index contributed by atoms with van der Waals surface area (Å²) in [6.45, 7) is 5.16. The van der Waals surface area contributed by atoms with Crippen molar-refractivity contribution in [1.82, 2.24) is 10.2 Å². The standard InChI is InChI=1S/C29H33Cl2N3O5S/c1-5-16-32-29(36)21(3)33(18-22-8-6-7-9-25(22)31)28(35)19-34(26-17-23(30)12-15-27(26)39-4)40(37,38)24-13-10-20(2)11-14-24/h6-15,17,21H,5,16,18-19H2,1-4H3,(H,32,36)/t21-/m1/s1. The van der Waals surface area contributed by atoms with Gasteiger partial charge in [-0.25, -0.2) is 8.42 Å². The number of hydrogen-bond donors (Lipinski definition) is 1. The van der Waals surface area contributed by atoms with E-state index in [1.165, 1.54) is 36.3 Å². The Morgan fingerprint density at radius 2 is 1.70 bits per heavy atom. The van der Waals surface area contributed by atoms with E-state index in [4.69, 9.17) is 27.9 Å². The summed E-state index contributed by atoms with van der Waals surface area (Å²) in [6.07, 6.45) is 0.716. The second-order valence-corrected chi connectivity index (χ2v) is 11.9. The van der Waals surface area contributed by atoms with Crippen molar-refractivity contribution < 1.29 is 22.7 Å². The van der Waals surface area contributed by atoms with Crippen LogP contribution in [0.3, 0.4) is 0 Å². The highest BCUT2D eigenvalue weighted by atomic mass is 35.5. The summed E-state index contributed by atoms with van der Waals surface area (Å²) in [7, 11) is -2.87. The van der Waals surface area contributed by atoms with Crippen molar-refractivity contribution >= 4 is 50.7 Å². The number of hydrogen-bond acceptors (Lipinski definition) is 5. The van der Waals surface area contributed by atoms with E-state index >= 15 is 0 Å². The van der Waals surface area contributed by atoms with Crippen molar-refractivity contribution in [2.45, 2.75) is 44.7 Å². The zero-order valence-corrected chi connectivity index (χ0v) is 25.2. The maximum atomic E-state index is 14.0. The lowest BCUT2D eigenvalue weighted by atomic mass is 10.1. The molecule has 40 heavy (non-hydrogen) atoms. The summed E-state index contributed by atoms with van der Waals surface area (Å²) in [6, 6.07) is 16.9. The summed E-state index contributed by atoms with van der Waals surface area (Å²) >= 11 is 12.6. The summed E-state index contributed by atoms with van der Waals surface area (Å²) < 4.78 is 34.4. The van der Waals surface area contributed by atoms with Crippen LogP contribution in [0.15, 0.2) is 71.6 Å². The van der Waals surface area contributed by atoms with Crippen molar-refractivity contribution in [3.8, 4) is 5.75 Å². The second-order valence-electron chi connectivity index (χ2n) is 9.22. The number of carbonyl (C=O) groups excluding carboxylic acids is 2. The summed E-state index contributed by atoms with van der Waals surface area (Å²) in [5.41, 5.74) is 1.57. The fraction of sp³-hybridized carbons (Fsp3) is 0.310. The first-order chi connectivity index (χ1) is 19.0. The Kier molecular flexibility index (Phi) is 10.8. The van der Waals surface area contributed by atoms with E-state index in [2.05, 4.69) is 5.32 Å². The molecule has 1 N–H and O–H groups in total. The third-order valence-corrected chi connectivity index (χ3v) is 8.69. The van der Waals surface area contributed by atoms with Crippen LogP contribution in [0.5, 0.6) is 5.75 Å². The molecule has 0 aromatic heterocycles. The van der Waals surface area contributed by atoms with Gasteiger partial charge in [0.15, 0.2) is 0 Å². The highest BCUT2D eigenvalue weighted by molar-refractivity contribution is 7.92. The molecule has 3 aromatic carbocycles. The first-order valence-electron chi connectivity index (χ1n) is 12.7. The topological polar surface area (TPSA) is 96.0 Å². The number of anilines is 1. The normalized spacial score (nSPS) is 11.9. The van der Waals surface area contributed by atoms with Gasteiger partial charge in [0.2, 0.25) is 11.8 Å². The van der Waals surface area contributed by atoms with Crippen LogP contribution in [-0.4, -0.2) is 51.4 Å². The van der Waals surface area contributed by atoms with Gasteiger partial charge in [0.1, 0.15) is 18.3 Å². The molecule has 1 atom stereocenters. The molecule has 0 heterocycles. The molecule has 0 unspecified atom stereocenters. The largest absolute Gasteiger partial charge is 0.495 e. The SMILES string of the molecule is CCCNC(=O)[C@@H](C)N(Cc1ccccc1Cl)C(=O)CN(c1cc(Cl)ccc1OC)S(=O)(=O)c1ccc(C)cc1. The van der Waals surface area contributed by atoms with Gasteiger partial charge in [-0.15, -0.1) is 0 Å². The highest BCUT2D eigenvalue weighted by Crippen LogP contribution is 2.35. The van der Waals surface area contributed by atoms with Gasteiger partial charge in [-0.2, -0.15) is 0 Å². The average molecular weight is 607 g/mol. The molecule has 0 bridgehead atoms. The van der Waals surface area contributed by atoms with Gasteiger partial charge in [0.05, 0.1) is 17.7 Å². The van der Waals surface area contributed by atoms with Crippen LogP contribution in [-0.2, 0) is 26.2 Å². The number of halogens is 2. The Morgan fingerprint density at radius 3 is 2.33 bits per heavy atom. The summed E-state index contributed by atoms with van der Waals surface area (Å²) in [4.78, 5) is 28.3. The average Bonchev–Trinajstić information content (AvgIpc) is 2.93. The Hall–Kier alpha value is -3.27. The number of nitrogens with zero attached hydrogens (tertiary/aromatic N) is 2. The highest BCUT2D eigenvalue weighted by Gasteiger charge is 2.34. The molecule has 0 aliphatic carbocycles. The minimum absolute atomic E-state index is 0.00960. The Morgan fingerprint density at radius 1 is 1.02 bits per heavy atom. The molecule has 3 aromatic rings. The van der Waals surface area contributed by atoms with Crippen LogP contribution >= 0.6 is 23.2 Å². The minimum atomic E-state index is -4.27. The van der Waals surface area contributed by atoms with Crippen LogP contribution in [0.4, 0.5) is 5.69 Å². The van der Waals surface area contributed by atoms with Crippen molar-refractivity contribution in [1.29, 1.82) is 0 Å². The quantitative estimate of drug-likeness (QED) is 0.296. The van der Waals surface area contributed by atoms with Gasteiger partial charge < -0.3 is 15.0 Å². The van der Waals surface area contributed by atoms with Gasteiger partial charge in [-0.3, -0.25) is 13.9 Å². The number of rotatable bonds is 12. The van der Waals surface area contributed by atoms with Crippen LogP contribution in [0.2, 0.25) is 10.0 Å². The third-order valence-electron chi connectivity index (χ3n) is 6.31. The maximum absolute atomic E-state index is 14.0. The number of carbonyl (C=O) groups is 2. The van der Waals surface area contributed by atoms with E-state index in [1.807, 2.05) is 13.8 Å². The lowest BCUT2D eigenvalue weighted by Gasteiger charge is -2.32. The molecule has 11 heteroatoms. The number of sulfonamides is 1. The zero-order chi connectivity index (χ0) is 29.4. The monoisotopic (exact) mass is 605 g/mol. The predicted molar refractivity (Wildman–Crippen MR) is 158 cm³/mol. The predicted octanol–water partition coefficient (Wildman–Crippen LogP) is 5.45. The van der Waals surface area contributed by atoms with E-state index in [0.29, 0.717) is 23.6 Å². The van der Waals surface area contributed by atoms with Gasteiger partial charge in [-0.1, -0.05) is 66.0 Å². The molecule has 0 saturated carbocycles. The second kappa shape index (κ2) is 13.9. The van der Waals surface area contributed by atoms with Crippen molar-refractivity contribution in [3.63, 3.8) is 0 Å². The molecule has 0 radical (unpaired) electrons. The molecule has 0 fully saturated rings. The van der Waals surface area contributed by atoms with Crippen molar-refractivity contribution in [2.24, 2.45) is 0 Å². The van der Waals surface area contributed by atoms with Crippen LogP contribution < -0.4 is 14.4 Å². The van der Waals surface area contributed by atoms with Crippen molar-refractivity contribution in [3.05, 3.63) is 87.9 Å². The van der Waals surface area contributed by atoms with Gasteiger partial charge in [0, 0.05) is 23.1 Å². The van der Waals surface area contributed by atoms with Crippen LogP contribution in [0.25, 0.3) is 0 Å². The van der Waals surface area contributed by atoms with Crippen LogP contribution in [0.1, 0.15) is 31.4 Å². The Balaban J connectivity index is 2.10. The lowest BCUT2D eigenvalue weighted by Crippen LogP contribution is -2.51. The van der Waals surface area contributed by atoms with E-state index in [0.717, 1.165) is 9.87 Å². The number of nitrogens with one attached hydrogen (secondary N) is 1. The number of aryl methyl sites for hydroxylation is 1. The number of amides is 2. The Bertz CT molecular complexity index is 1450. The lowest BCUT2D eigenvalue weighted by molar-refractivity contribution is -0.139. The fourth-order valence-corrected chi connectivity index (χ4v) is 5.78. The Labute approximate surface area is 245 Å². The number of methoxy groups -OCH3 is 1. The van der Waals surface area contributed by atoms with E-state index in [9.17, 15) is 18.0 Å². The third kappa shape index (κ3) is 7.47. The molecular weight excluding hydrogens is 573 g/mol. The van der Waals surface area contributed by atoms with E-state index < -0.39 is 28.5 Å². The smallest absolute Gasteiger partial charge is 0.264 e. The molecule has 8 nitrogen and oxygen atoms in total. The molecule has 0 saturated heterocycles. The number of benzene rings is 3. The molecule has 0 spiro atoms. The van der Waals surface area contributed by atoms with E-state index in [-0.39, 0.29) is 33.8 Å². The molecule has 2 amide bonds. The molecule has 0 aliphatic rings. The first kappa shape index (κ1) is 31.3. The van der Waals surface area contributed by atoms with E-state index in [1.54, 1.807) is 49.4 Å². The van der Waals surface area contributed by atoms with Gasteiger partial charge >= 0.3 is 0 Å². The molecule has 214 valence electrons. The number of ether oxygens (including phenoxy) is 1. The summed E-state index contributed by atoms with van der Waals surface area (Å²) in [5, 5.41) is 3.48. The van der Waals surface area contributed by atoms with Crippen LogP contribution in [0, 0.1) is 6.92 Å². The zero-order valence-electron chi connectivity index (χ0n) is 22.9. The molecule has 0 aliphatic heterocycles. The maximum Gasteiger partial charge on any atom is 0.264 e. The van der Waals surface area contributed by atoms with Gasteiger partial charge in [0.25, 0.3) is 10.0 Å². The van der Waals surface area contributed by atoms with Crippen molar-refractivity contribution in [2.75, 3.05) is 24.5 Å². The fourth-order valence-electron chi connectivity index (χ4n) is 4.00. The molecular formula is C29H33Cl2N3O5S. The molecule has 3 rings (SSSR count). The first-order valence-corrected chi connectivity index (χ1v) is 14.9. The summed E-state index contributed by atoms with van der Waals surface area (Å²) in [5.74, 6) is -0.772. The van der Waals surface area contributed by atoms with Gasteiger partial charge in [-0.05, 0) is 62.2 Å². The minimum Gasteiger partial charge on any atom is -0.495 e.